The highest BCUT2D eigenvalue weighted by molar-refractivity contribution is 6.33. The summed E-state index contributed by atoms with van der Waals surface area (Å²) >= 11 is 6.04. The molecule has 0 bridgehead atoms. The lowest BCUT2D eigenvalue weighted by Crippen LogP contribution is -2.14. The van der Waals surface area contributed by atoms with Gasteiger partial charge in [0.25, 0.3) is 5.91 Å². The van der Waals surface area contributed by atoms with Gasteiger partial charge < -0.3 is 10.6 Å². The van der Waals surface area contributed by atoms with E-state index in [1.54, 1.807) is 12.1 Å². The zero-order valence-corrected chi connectivity index (χ0v) is 14.7. The number of benzene rings is 1. The Labute approximate surface area is 152 Å². The topological polar surface area (TPSA) is 66.9 Å². The van der Waals surface area contributed by atoms with E-state index in [0.717, 1.165) is 13.0 Å². The monoisotopic (exact) mass is 356 g/mol. The molecule has 1 aliphatic rings. The lowest BCUT2D eigenvalue weighted by Gasteiger charge is -2.13. The number of carbonyl (C=O) groups is 1. The smallest absolute Gasteiger partial charge is 0.258 e. The molecule has 0 atom stereocenters. The number of aromatic nitrogens is 2. The van der Waals surface area contributed by atoms with Crippen LogP contribution in [0.4, 0.5) is 11.6 Å². The summed E-state index contributed by atoms with van der Waals surface area (Å²) in [6.07, 6.45) is 11.4. The summed E-state index contributed by atoms with van der Waals surface area (Å²) in [5.74, 6) is 0.248. The summed E-state index contributed by atoms with van der Waals surface area (Å²) in [6, 6.07) is 7.09. The van der Waals surface area contributed by atoms with Crippen LogP contribution in [0.5, 0.6) is 0 Å². The van der Waals surface area contributed by atoms with Crippen molar-refractivity contribution in [1.82, 2.24) is 9.97 Å². The Balaban J connectivity index is 1.52. The lowest BCUT2D eigenvalue weighted by molar-refractivity contribution is 0.102. The Kier molecular flexibility index (Phi) is 6.01. The van der Waals surface area contributed by atoms with Gasteiger partial charge in [0.1, 0.15) is 0 Å². The molecule has 1 heterocycles. The highest BCUT2D eigenvalue weighted by Crippen LogP contribution is 2.21. The van der Waals surface area contributed by atoms with Crippen LogP contribution in [0.25, 0.3) is 0 Å². The minimum atomic E-state index is -0.285. The second-order valence-corrected chi connectivity index (χ2v) is 6.42. The first-order valence-corrected chi connectivity index (χ1v) is 8.90. The molecule has 0 radical (unpaired) electrons. The maximum absolute atomic E-state index is 12.2. The number of carbonyl (C=O) groups excluding carboxylic acids is 1. The number of hydrogen-bond acceptors (Lipinski definition) is 4. The van der Waals surface area contributed by atoms with Gasteiger partial charge in [-0.2, -0.15) is 0 Å². The van der Waals surface area contributed by atoms with Gasteiger partial charge in [0.15, 0.2) is 0 Å². The fraction of sp³-hybridized carbons (Fsp3) is 0.316. The van der Waals surface area contributed by atoms with Crippen LogP contribution in [0.1, 0.15) is 42.5 Å². The minimum absolute atomic E-state index is 0.285. The van der Waals surface area contributed by atoms with Gasteiger partial charge in [0.2, 0.25) is 5.95 Å². The molecule has 6 heteroatoms. The van der Waals surface area contributed by atoms with Gasteiger partial charge in [0.05, 0.1) is 16.3 Å². The van der Waals surface area contributed by atoms with Crippen LogP contribution in [0.15, 0.2) is 48.3 Å². The third kappa shape index (κ3) is 5.03. The Bertz CT molecular complexity index is 758. The summed E-state index contributed by atoms with van der Waals surface area (Å²) in [7, 11) is 0. The molecule has 1 aromatic carbocycles. The van der Waals surface area contributed by atoms with Crippen LogP contribution in [-0.2, 0) is 0 Å². The molecular weight excluding hydrogens is 336 g/mol. The van der Waals surface area contributed by atoms with Crippen molar-refractivity contribution in [1.29, 1.82) is 0 Å². The maximum atomic E-state index is 12.2. The Hall–Kier alpha value is -2.40. The predicted octanol–water partition coefficient (Wildman–Crippen LogP) is 4.68. The molecule has 0 spiro atoms. The van der Waals surface area contributed by atoms with Crippen LogP contribution >= 0.6 is 11.6 Å². The van der Waals surface area contributed by atoms with Gasteiger partial charge in [-0.05, 0) is 44.2 Å². The van der Waals surface area contributed by atoms with Gasteiger partial charge in [0, 0.05) is 18.9 Å². The number of para-hydroxylation sites is 1. The van der Waals surface area contributed by atoms with E-state index in [4.69, 9.17) is 11.6 Å². The van der Waals surface area contributed by atoms with Crippen molar-refractivity contribution in [2.75, 3.05) is 17.2 Å². The molecule has 130 valence electrons. The van der Waals surface area contributed by atoms with Crippen LogP contribution in [0, 0.1) is 0 Å². The number of rotatable bonds is 6. The third-order valence-electron chi connectivity index (χ3n) is 4.15. The molecule has 5 nitrogen and oxygen atoms in total. The zero-order valence-electron chi connectivity index (χ0n) is 14.0. The Morgan fingerprint density at radius 1 is 1.16 bits per heavy atom. The van der Waals surface area contributed by atoms with Crippen molar-refractivity contribution in [3.8, 4) is 0 Å². The summed E-state index contributed by atoms with van der Waals surface area (Å²) in [6.45, 7) is 0.803. The van der Waals surface area contributed by atoms with Gasteiger partial charge in [-0.25, -0.2) is 9.97 Å². The quantitative estimate of drug-likeness (QED) is 0.737. The fourth-order valence-electron chi connectivity index (χ4n) is 2.76. The summed E-state index contributed by atoms with van der Waals surface area (Å²) in [5.41, 5.74) is 2.46. The van der Waals surface area contributed by atoms with E-state index in [0.29, 0.717) is 22.2 Å². The van der Waals surface area contributed by atoms with Crippen LogP contribution in [-0.4, -0.2) is 22.4 Å². The van der Waals surface area contributed by atoms with Crippen molar-refractivity contribution in [3.63, 3.8) is 0 Å². The Morgan fingerprint density at radius 3 is 2.68 bits per heavy atom. The maximum Gasteiger partial charge on any atom is 0.258 e. The molecule has 0 saturated heterocycles. The van der Waals surface area contributed by atoms with Crippen molar-refractivity contribution in [2.24, 2.45) is 0 Å². The molecule has 0 saturated carbocycles. The summed E-state index contributed by atoms with van der Waals surface area (Å²) in [5, 5.41) is 6.45. The minimum Gasteiger partial charge on any atom is -0.354 e. The van der Waals surface area contributed by atoms with E-state index < -0.39 is 0 Å². The van der Waals surface area contributed by atoms with Gasteiger partial charge >= 0.3 is 0 Å². The molecule has 2 N–H and O–H groups in total. The SMILES string of the molecule is O=C(Nc1ccccc1Cl)c1cnc(NCCC2=CCCCC2)nc1. The first kappa shape index (κ1) is 17.4. The first-order valence-electron chi connectivity index (χ1n) is 8.52. The number of nitrogens with one attached hydrogen (secondary N) is 2. The lowest BCUT2D eigenvalue weighted by atomic mass is 9.97. The normalized spacial score (nSPS) is 13.9. The number of anilines is 2. The molecule has 25 heavy (non-hydrogen) atoms. The third-order valence-corrected chi connectivity index (χ3v) is 4.48. The van der Waals surface area contributed by atoms with E-state index in [1.165, 1.54) is 43.7 Å². The molecule has 3 rings (SSSR count). The number of allylic oxidation sites excluding steroid dienone is 1. The second kappa shape index (κ2) is 8.62. The highest BCUT2D eigenvalue weighted by atomic mass is 35.5. The molecular formula is C19H21ClN4O. The van der Waals surface area contributed by atoms with Crippen molar-refractivity contribution >= 4 is 29.1 Å². The summed E-state index contributed by atoms with van der Waals surface area (Å²) < 4.78 is 0. The van der Waals surface area contributed by atoms with E-state index in [9.17, 15) is 4.79 Å². The van der Waals surface area contributed by atoms with E-state index in [1.807, 2.05) is 12.1 Å². The summed E-state index contributed by atoms with van der Waals surface area (Å²) in [4.78, 5) is 20.6. The van der Waals surface area contributed by atoms with Crippen LogP contribution in [0.3, 0.4) is 0 Å². The van der Waals surface area contributed by atoms with Crippen LogP contribution < -0.4 is 10.6 Å². The molecule has 0 aliphatic heterocycles. The number of amides is 1. The average molecular weight is 357 g/mol. The van der Waals surface area contributed by atoms with E-state index in [2.05, 4.69) is 26.7 Å². The first-order chi connectivity index (χ1) is 12.2. The molecule has 1 amide bonds. The molecule has 1 aromatic heterocycles. The predicted molar refractivity (Wildman–Crippen MR) is 101 cm³/mol. The molecule has 0 unspecified atom stereocenters. The standard InChI is InChI=1S/C19H21ClN4O/c20-16-8-4-5-9-17(16)24-18(25)15-12-22-19(23-13-15)21-11-10-14-6-2-1-3-7-14/h4-6,8-9,12-13H,1-3,7,10-11H2,(H,24,25)(H,21,22,23). The Morgan fingerprint density at radius 2 is 1.96 bits per heavy atom. The number of halogens is 1. The van der Waals surface area contributed by atoms with Gasteiger partial charge in [-0.1, -0.05) is 35.4 Å². The van der Waals surface area contributed by atoms with Crippen molar-refractivity contribution in [2.45, 2.75) is 32.1 Å². The van der Waals surface area contributed by atoms with Crippen molar-refractivity contribution in [3.05, 3.63) is 58.9 Å². The number of nitrogens with zero attached hydrogens (tertiary/aromatic N) is 2. The second-order valence-electron chi connectivity index (χ2n) is 6.01. The van der Waals surface area contributed by atoms with Gasteiger partial charge in [-0.15, -0.1) is 0 Å². The molecule has 0 fully saturated rings. The zero-order chi connectivity index (χ0) is 17.5. The highest BCUT2D eigenvalue weighted by Gasteiger charge is 2.10. The van der Waals surface area contributed by atoms with Crippen molar-refractivity contribution < 1.29 is 4.79 Å². The molecule has 2 aromatic rings. The van der Waals surface area contributed by atoms with E-state index in [-0.39, 0.29) is 5.91 Å². The largest absolute Gasteiger partial charge is 0.354 e. The van der Waals surface area contributed by atoms with Crippen LogP contribution in [0.2, 0.25) is 5.02 Å². The number of hydrogen-bond donors (Lipinski definition) is 2. The molecule has 1 aliphatic carbocycles. The van der Waals surface area contributed by atoms with Gasteiger partial charge in [-0.3, -0.25) is 4.79 Å². The fourth-order valence-corrected chi connectivity index (χ4v) is 2.94. The van der Waals surface area contributed by atoms with E-state index >= 15 is 0 Å². The average Bonchev–Trinajstić information content (AvgIpc) is 2.65.